The number of aromatic nitrogens is 1. The lowest BCUT2D eigenvalue weighted by Crippen LogP contribution is -2.22. The number of benzene rings is 1. The van der Waals surface area contributed by atoms with Gasteiger partial charge < -0.3 is 15.4 Å². The van der Waals surface area contributed by atoms with Crippen LogP contribution >= 0.6 is 0 Å². The van der Waals surface area contributed by atoms with Crippen LogP contribution in [0.2, 0.25) is 0 Å². The highest BCUT2D eigenvalue weighted by atomic mass is 16.5. The van der Waals surface area contributed by atoms with Crippen molar-refractivity contribution in [3.8, 4) is 0 Å². The van der Waals surface area contributed by atoms with Crippen LogP contribution in [0.1, 0.15) is 37.0 Å². The lowest BCUT2D eigenvalue weighted by molar-refractivity contribution is -0.120. The van der Waals surface area contributed by atoms with Crippen molar-refractivity contribution in [1.82, 2.24) is 4.98 Å². The van der Waals surface area contributed by atoms with Crippen LogP contribution in [-0.2, 0) is 9.53 Å². The van der Waals surface area contributed by atoms with Crippen molar-refractivity contribution in [2.75, 3.05) is 17.7 Å². The third-order valence-corrected chi connectivity index (χ3v) is 3.97. The summed E-state index contributed by atoms with van der Waals surface area (Å²) < 4.78 is 4.67. The molecule has 0 saturated carbocycles. The Kier molecular flexibility index (Phi) is 6.51. The smallest absolute Gasteiger partial charge is 0.337 e. The summed E-state index contributed by atoms with van der Waals surface area (Å²) in [7, 11) is 1.35. The number of nitrogens with zero attached hydrogens (tertiary/aromatic N) is 1. The van der Waals surface area contributed by atoms with Crippen LogP contribution in [0.5, 0.6) is 0 Å². The van der Waals surface area contributed by atoms with Crippen molar-refractivity contribution < 1.29 is 14.3 Å². The molecule has 2 aromatic rings. The molecule has 1 aromatic heterocycles. The Balaban J connectivity index is 1.98. The molecule has 0 unspecified atom stereocenters. The van der Waals surface area contributed by atoms with Crippen molar-refractivity contribution >= 4 is 29.1 Å². The first-order valence-electron chi connectivity index (χ1n) is 8.29. The highest BCUT2D eigenvalue weighted by molar-refractivity contribution is 5.91. The maximum atomic E-state index is 12.1. The fourth-order valence-electron chi connectivity index (χ4n) is 2.40. The average Bonchev–Trinajstić information content (AvgIpc) is 2.64. The monoisotopic (exact) mass is 341 g/mol. The number of amides is 1. The number of carbonyl (C=O) groups is 2. The third-order valence-electron chi connectivity index (χ3n) is 3.97. The molecule has 0 saturated heterocycles. The highest BCUT2D eigenvalue weighted by Gasteiger charge is 2.14. The van der Waals surface area contributed by atoms with Crippen LogP contribution in [0, 0.1) is 5.92 Å². The van der Waals surface area contributed by atoms with Crippen molar-refractivity contribution in [3.63, 3.8) is 0 Å². The van der Waals surface area contributed by atoms with Gasteiger partial charge in [0.25, 0.3) is 0 Å². The zero-order valence-electron chi connectivity index (χ0n) is 14.7. The van der Waals surface area contributed by atoms with Gasteiger partial charge in [-0.25, -0.2) is 9.78 Å². The molecule has 6 nitrogen and oxygen atoms in total. The molecule has 1 heterocycles. The Morgan fingerprint density at radius 3 is 2.20 bits per heavy atom. The van der Waals surface area contributed by atoms with Gasteiger partial charge in [-0.3, -0.25) is 4.79 Å². The minimum Gasteiger partial charge on any atom is -0.465 e. The molecular weight excluding hydrogens is 318 g/mol. The number of nitrogens with one attached hydrogen (secondary N) is 2. The number of hydrogen-bond donors (Lipinski definition) is 2. The third kappa shape index (κ3) is 5.04. The number of ether oxygens (including phenoxy) is 1. The number of carbonyl (C=O) groups excluding carboxylic acids is 2. The minimum atomic E-state index is -0.370. The van der Waals surface area contributed by atoms with Crippen molar-refractivity contribution in [3.05, 3.63) is 48.2 Å². The summed E-state index contributed by atoms with van der Waals surface area (Å²) in [5.41, 5.74) is 2.10. The van der Waals surface area contributed by atoms with Gasteiger partial charge >= 0.3 is 5.97 Å². The molecule has 0 radical (unpaired) electrons. The normalized spacial score (nSPS) is 10.4. The maximum Gasteiger partial charge on any atom is 0.337 e. The number of methoxy groups -OCH3 is 1. The summed E-state index contributed by atoms with van der Waals surface area (Å²) in [5.74, 6) is 0.166. The quantitative estimate of drug-likeness (QED) is 0.744. The lowest BCUT2D eigenvalue weighted by atomic mass is 10.0. The number of rotatable bonds is 7. The second-order valence-electron chi connectivity index (χ2n) is 5.63. The van der Waals surface area contributed by atoms with Gasteiger partial charge in [-0.15, -0.1) is 0 Å². The topological polar surface area (TPSA) is 80.3 Å². The van der Waals surface area contributed by atoms with Crippen LogP contribution in [-0.4, -0.2) is 24.0 Å². The largest absolute Gasteiger partial charge is 0.465 e. The molecule has 0 spiro atoms. The maximum absolute atomic E-state index is 12.1. The van der Waals surface area contributed by atoms with E-state index < -0.39 is 0 Å². The fourth-order valence-corrected chi connectivity index (χ4v) is 2.40. The summed E-state index contributed by atoms with van der Waals surface area (Å²) in [6.07, 6.45) is 3.27. The molecule has 1 aromatic carbocycles. The highest BCUT2D eigenvalue weighted by Crippen LogP contribution is 2.18. The Morgan fingerprint density at radius 1 is 1.04 bits per heavy atom. The number of anilines is 3. The van der Waals surface area contributed by atoms with E-state index >= 15 is 0 Å². The van der Waals surface area contributed by atoms with Crippen molar-refractivity contribution in [2.24, 2.45) is 5.92 Å². The molecule has 1 amide bonds. The Labute approximate surface area is 147 Å². The molecular formula is C19H23N3O3. The van der Waals surface area contributed by atoms with Gasteiger partial charge in [0.15, 0.2) is 0 Å². The van der Waals surface area contributed by atoms with Gasteiger partial charge in [0.1, 0.15) is 5.82 Å². The van der Waals surface area contributed by atoms with Gasteiger partial charge in [0.05, 0.1) is 24.6 Å². The van der Waals surface area contributed by atoms with E-state index in [1.54, 1.807) is 36.5 Å². The molecule has 0 aliphatic carbocycles. The SMILES string of the molecule is CCC(CC)C(=O)Nc1ccc(Nc2ccc(C(=O)OC)cc2)cn1. The predicted molar refractivity (Wildman–Crippen MR) is 98.0 cm³/mol. The van der Waals surface area contributed by atoms with E-state index in [4.69, 9.17) is 0 Å². The van der Waals surface area contributed by atoms with E-state index in [9.17, 15) is 9.59 Å². The molecule has 0 atom stereocenters. The first kappa shape index (κ1) is 18.4. The molecule has 0 aliphatic heterocycles. The van der Waals surface area contributed by atoms with E-state index in [1.807, 2.05) is 19.9 Å². The predicted octanol–water partition coefficient (Wildman–Crippen LogP) is 3.99. The summed E-state index contributed by atoms with van der Waals surface area (Å²) in [6.45, 7) is 4.00. The summed E-state index contributed by atoms with van der Waals surface area (Å²) in [5, 5.41) is 6.02. The zero-order chi connectivity index (χ0) is 18.2. The Bertz CT molecular complexity index is 708. The molecule has 132 valence electrons. The number of hydrogen-bond acceptors (Lipinski definition) is 5. The van der Waals surface area contributed by atoms with Crippen LogP contribution in [0.4, 0.5) is 17.2 Å². The van der Waals surface area contributed by atoms with E-state index in [1.165, 1.54) is 7.11 Å². The summed E-state index contributed by atoms with van der Waals surface area (Å²) >= 11 is 0. The van der Waals surface area contributed by atoms with Crippen LogP contribution in [0.15, 0.2) is 42.6 Å². The molecule has 6 heteroatoms. The van der Waals surface area contributed by atoms with Gasteiger partial charge in [-0.2, -0.15) is 0 Å². The van der Waals surface area contributed by atoms with Gasteiger partial charge in [0.2, 0.25) is 5.91 Å². The molecule has 0 fully saturated rings. The first-order chi connectivity index (χ1) is 12.1. The second-order valence-corrected chi connectivity index (χ2v) is 5.63. The molecule has 2 N–H and O–H groups in total. The van der Waals surface area contributed by atoms with Crippen LogP contribution in [0.25, 0.3) is 0 Å². The first-order valence-corrected chi connectivity index (χ1v) is 8.29. The van der Waals surface area contributed by atoms with Crippen molar-refractivity contribution in [2.45, 2.75) is 26.7 Å². The zero-order valence-corrected chi connectivity index (χ0v) is 14.7. The van der Waals surface area contributed by atoms with Crippen LogP contribution < -0.4 is 10.6 Å². The number of esters is 1. The number of pyridine rings is 1. The molecule has 0 bridgehead atoms. The van der Waals surface area contributed by atoms with Gasteiger partial charge in [-0.1, -0.05) is 13.8 Å². The molecule has 0 aliphatic rings. The molecule has 2 rings (SSSR count). The summed E-state index contributed by atoms with van der Waals surface area (Å²) in [6, 6.07) is 10.5. The van der Waals surface area contributed by atoms with E-state index in [0.717, 1.165) is 24.2 Å². The van der Waals surface area contributed by atoms with E-state index in [2.05, 4.69) is 20.4 Å². The van der Waals surface area contributed by atoms with Gasteiger partial charge in [0, 0.05) is 11.6 Å². The standard InChI is InChI=1S/C19H23N3O3/c1-4-13(5-2)18(23)22-17-11-10-16(12-20-17)21-15-8-6-14(7-9-15)19(24)25-3/h6-13,21H,4-5H2,1-3H3,(H,20,22,23). The van der Waals surface area contributed by atoms with E-state index in [-0.39, 0.29) is 17.8 Å². The minimum absolute atomic E-state index is 0.00314. The average molecular weight is 341 g/mol. The molecule has 25 heavy (non-hydrogen) atoms. The second kappa shape index (κ2) is 8.82. The Morgan fingerprint density at radius 2 is 1.68 bits per heavy atom. The van der Waals surface area contributed by atoms with Gasteiger partial charge in [-0.05, 0) is 49.2 Å². The van der Waals surface area contributed by atoms with Crippen molar-refractivity contribution in [1.29, 1.82) is 0 Å². The fraction of sp³-hybridized carbons (Fsp3) is 0.316. The lowest BCUT2D eigenvalue weighted by Gasteiger charge is -2.12. The van der Waals surface area contributed by atoms with E-state index in [0.29, 0.717) is 11.4 Å². The summed E-state index contributed by atoms with van der Waals surface area (Å²) in [4.78, 5) is 27.7. The Hall–Kier alpha value is -2.89. The van der Waals surface area contributed by atoms with Crippen LogP contribution in [0.3, 0.4) is 0 Å².